The fourth-order valence-corrected chi connectivity index (χ4v) is 4.65. The van der Waals surface area contributed by atoms with E-state index >= 15 is 0 Å². The normalized spacial score (nSPS) is 18.9. The Morgan fingerprint density at radius 3 is 2.55 bits per heavy atom. The summed E-state index contributed by atoms with van der Waals surface area (Å²) < 4.78 is 6.18. The molecule has 5 nitrogen and oxygen atoms in total. The van der Waals surface area contributed by atoms with Gasteiger partial charge >= 0.3 is 0 Å². The Morgan fingerprint density at radius 1 is 0.968 bits per heavy atom. The molecule has 5 rings (SSSR count). The molecule has 2 fully saturated rings. The Kier molecular flexibility index (Phi) is 5.81. The van der Waals surface area contributed by atoms with Crippen LogP contribution < -0.4 is 10.5 Å². The van der Waals surface area contributed by atoms with E-state index in [1.807, 2.05) is 36.4 Å². The van der Waals surface area contributed by atoms with Crippen molar-refractivity contribution in [3.63, 3.8) is 0 Å². The van der Waals surface area contributed by atoms with E-state index in [2.05, 4.69) is 34.1 Å². The molecule has 2 aliphatic rings. The van der Waals surface area contributed by atoms with E-state index in [4.69, 9.17) is 10.5 Å². The number of fused-ring (bicyclic) bond motifs is 1. The molecule has 31 heavy (non-hydrogen) atoms. The molecule has 162 valence electrons. The summed E-state index contributed by atoms with van der Waals surface area (Å²) in [6.07, 6.45) is 2.20. The first-order valence-electron chi connectivity index (χ1n) is 11.3. The van der Waals surface area contributed by atoms with Gasteiger partial charge in [0.2, 0.25) is 0 Å². The first-order valence-corrected chi connectivity index (χ1v) is 11.3. The highest BCUT2D eigenvalue weighted by Crippen LogP contribution is 2.38. The van der Waals surface area contributed by atoms with Gasteiger partial charge in [0, 0.05) is 50.0 Å². The number of nitrogen functional groups attached to an aromatic ring is 1. The van der Waals surface area contributed by atoms with Crippen LogP contribution in [0.25, 0.3) is 21.9 Å². The number of nitrogens with two attached hydrogens (primary N) is 1. The van der Waals surface area contributed by atoms with Gasteiger partial charge < -0.3 is 15.6 Å². The van der Waals surface area contributed by atoms with Gasteiger partial charge in [-0.1, -0.05) is 42.5 Å². The highest BCUT2D eigenvalue weighted by atomic mass is 16.5. The second-order valence-corrected chi connectivity index (χ2v) is 8.82. The highest BCUT2D eigenvalue weighted by Gasteiger charge is 2.31. The molecule has 0 aromatic heterocycles. The molecule has 1 atom stereocenters. The minimum absolute atomic E-state index is 0.274. The SMILES string of the molecule is Nc1cccc(-c2c(OCC(O)CN3CCN(C4CC4)CC3)ccc3ccccc23)c1. The Labute approximate surface area is 184 Å². The van der Waals surface area contributed by atoms with Crippen molar-refractivity contribution in [2.24, 2.45) is 0 Å². The van der Waals surface area contributed by atoms with Crippen molar-refractivity contribution < 1.29 is 9.84 Å². The van der Waals surface area contributed by atoms with Gasteiger partial charge in [0.15, 0.2) is 0 Å². The quantitative estimate of drug-likeness (QED) is 0.575. The van der Waals surface area contributed by atoms with Crippen LogP contribution >= 0.6 is 0 Å². The van der Waals surface area contributed by atoms with E-state index in [0.29, 0.717) is 6.54 Å². The molecular formula is C26H31N3O2. The lowest BCUT2D eigenvalue weighted by molar-refractivity contribution is 0.0447. The number of aliphatic hydroxyl groups excluding tert-OH is 1. The van der Waals surface area contributed by atoms with E-state index in [1.54, 1.807) is 0 Å². The Hall–Kier alpha value is -2.60. The van der Waals surface area contributed by atoms with Gasteiger partial charge in [0.25, 0.3) is 0 Å². The molecule has 3 aromatic carbocycles. The third kappa shape index (κ3) is 4.69. The van der Waals surface area contributed by atoms with E-state index < -0.39 is 6.10 Å². The van der Waals surface area contributed by atoms with Crippen LogP contribution in [0.2, 0.25) is 0 Å². The van der Waals surface area contributed by atoms with Crippen LogP contribution in [0.15, 0.2) is 60.7 Å². The molecule has 1 saturated heterocycles. The third-order valence-corrected chi connectivity index (χ3v) is 6.44. The summed E-state index contributed by atoms with van der Waals surface area (Å²) in [6.45, 7) is 5.21. The molecule has 0 amide bonds. The van der Waals surface area contributed by atoms with Gasteiger partial charge in [0.05, 0.1) is 0 Å². The van der Waals surface area contributed by atoms with Crippen molar-refractivity contribution in [2.75, 3.05) is 45.1 Å². The average molecular weight is 418 g/mol. The third-order valence-electron chi connectivity index (χ3n) is 6.44. The van der Waals surface area contributed by atoms with Crippen LogP contribution in [0.4, 0.5) is 5.69 Å². The maximum atomic E-state index is 10.7. The number of hydrogen-bond donors (Lipinski definition) is 2. The van der Waals surface area contributed by atoms with Crippen molar-refractivity contribution >= 4 is 16.5 Å². The lowest BCUT2D eigenvalue weighted by Crippen LogP contribution is -2.49. The maximum absolute atomic E-state index is 10.7. The number of piperazine rings is 1. The monoisotopic (exact) mass is 417 g/mol. The summed E-state index contributed by atoms with van der Waals surface area (Å²) in [6, 6.07) is 21.1. The molecule has 3 N–H and O–H groups in total. The summed E-state index contributed by atoms with van der Waals surface area (Å²) in [4.78, 5) is 4.94. The smallest absolute Gasteiger partial charge is 0.127 e. The van der Waals surface area contributed by atoms with Crippen molar-refractivity contribution in [1.29, 1.82) is 0 Å². The molecule has 1 heterocycles. The average Bonchev–Trinajstić information content (AvgIpc) is 3.63. The maximum Gasteiger partial charge on any atom is 0.127 e. The number of β-amino-alcohol motifs (C(OH)–C–C–N with tert-alkyl or cyclic N) is 1. The minimum Gasteiger partial charge on any atom is -0.490 e. The predicted molar refractivity (Wildman–Crippen MR) is 126 cm³/mol. The molecular weight excluding hydrogens is 386 g/mol. The number of ether oxygens (including phenoxy) is 1. The first kappa shape index (κ1) is 20.3. The predicted octanol–water partition coefficient (Wildman–Crippen LogP) is 3.61. The zero-order valence-corrected chi connectivity index (χ0v) is 17.9. The minimum atomic E-state index is -0.521. The second-order valence-electron chi connectivity index (χ2n) is 8.82. The summed E-state index contributed by atoms with van der Waals surface area (Å²) in [5.74, 6) is 0.780. The van der Waals surface area contributed by atoms with Crippen LogP contribution in [0.3, 0.4) is 0 Å². The van der Waals surface area contributed by atoms with Crippen LogP contribution in [0.5, 0.6) is 5.75 Å². The number of benzene rings is 3. The largest absolute Gasteiger partial charge is 0.490 e. The molecule has 0 bridgehead atoms. The second kappa shape index (κ2) is 8.87. The van der Waals surface area contributed by atoms with Crippen molar-refractivity contribution in [3.05, 3.63) is 60.7 Å². The van der Waals surface area contributed by atoms with Crippen LogP contribution in [0.1, 0.15) is 12.8 Å². The Balaban J connectivity index is 1.29. The van der Waals surface area contributed by atoms with Crippen molar-refractivity contribution in [1.82, 2.24) is 9.80 Å². The topological polar surface area (TPSA) is 62.0 Å². The number of nitrogens with zero attached hydrogens (tertiary/aromatic N) is 2. The van der Waals surface area contributed by atoms with Gasteiger partial charge in [-0.3, -0.25) is 9.80 Å². The number of anilines is 1. The summed E-state index contributed by atoms with van der Waals surface area (Å²) >= 11 is 0. The summed E-state index contributed by atoms with van der Waals surface area (Å²) in [5.41, 5.74) is 8.83. The standard InChI is InChI=1S/C26H31N3O2/c27-21-6-3-5-20(16-21)26-24-7-2-1-4-19(24)8-11-25(26)31-18-23(30)17-28-12-14-29(15-13-28)22-9-10-22/h1-8,11,16,22-23,30H,9-10,12-15,17-18,27H2. The van der Waals surface area contributed by atoms with Gasteiger partial charge in [-0.15, -0.1) is 0 Å². The zero-order chi connectivity index (χ0) is 21.2. The molecule has 1 unspecified atom stereocenters. The summed E-state index contributed by atoms with van der Waals surface area (Å²) in [7, 11) is 0. The highest BCUT2D eigenvalue weighted by molar-refractivity contribution is 6.00. The van der Waals surface area contributed by atoms with Gasteiger partial charge in [-0.25, -0.2) is 0 Å². The van der Waals surface area contributed by atoms with Gasteiger partial charge in [-0.2, -0.15) is 0 Å². The van der Waals surface area contributed by atoms with E-state index in [0.717, 1.165) is 65.6 Å². The fourth-order valence-electron chi connectivity index (χ4n) is 4.65. The molecule has 5 heteroatoms. The van der Waals surface area contributed by atoms with Crippen molar-refractivity contribution in [2.45, 2.75) is 25.0 Å². The fraction of sp³-hybridized carbons (Fsp3) is 0.385. The van der Waals surface area contributed by atoms with E-state index in [-0.39, 0.29) is 6.61 Å². The molecule has 0 radical (unpaired) electrons. The van der Waals surface area contributed by atoms with Gasteiger partial charge in [0.1, 0.15) is 18.5 Å². The lowest BCUT2D eigenvalue weighted by atomic mass is 9.97. The van der Waals surface area contributed by atoms with Crippen molar-refractivity contribution in [3.8, 4) is 16.9 Å². The molecule has 0 spiro atoms. The molecule has 1 saturated carbocycles. The van der Waals surface area contributed by atoms with Crippen LogP contribution in [-0.2, 0) is 0 Å². The van der Waals surface area contributed by atoms with Gasteiger partial charge in [-0.05, 0) is 47.4 Å². The lowest BCUT2D eigenvalue weighted by Gasteiger charge is -2.35. The molecule has 3 aromatic rings. The van der Waals surface area contributed by atoms with E-state index in [1.165, 1.54) is 12.8 Å². The number of aliphatic hydroxyl groups is 1. The first-order chi connectivity index (χ1) is 15.2. The van der Waals surface area contributed by atoms with Crippen LogP contribution in [-0.4, -0.2) is 66.4 Å². The molecule has 1 aliphatic carbocycles. The summed E-state index contributed by atoms with van der Waals surface area (Å²) in [5, 5.41) is 12.9. The number of hydrogen-bond acceptors (Lipinski definition) is 5. The van der Waals surface area contributed by atoms with E-state index in [9.17, 15) is 5.11 Å². The Bertz CT molecular complexity index is 1040. The zero-order valence-electron chi connectivity index (χ0n) is 17.9. The van der Waals surface area contributed by atoms with Crippen LogP contribution in [0, 0.1) is 0 Å². The number of rotatable bonds is 7. The molecule has 1 aliphatic heterocycles. The Morgan fingerprint density at radius 2 is 1.77 bits per heavy atom.